The Kier molecular flexibility index (Phi) is 5.87. The molecule has 24 heavy (non-hydrogen) atoms. The number of benzene rings is 1. The van der Waals surface area contributed by atoms with E-state index < -0.39 is 15.8 Å². The Hall–Kier alpha value is -1.60. The molecular formula is C16H20ClNO5S. The summed E-state index contributed by atoms with van der Waals surface area (Å²) < 4.78 is 28.2. The molecule has 1 aromatic carbocycles. The molecule has 0 aromatic heterocycles. The van der Waals surface area contributed by atoms with E-state index >= 15 is 0 Å². The second kappa shape index (κ2) is 7.53. The summed E-state index contributed by atoms with van der Waals surface area (Å²) >= 11 is 5.94. The number of ether oxygens (including phenoxy) is 1. The number of amides is 1. The number of nitrogens with zero attached hydrogens (tertiary/aromatic N) is 1. The monoisotopic (exact) mass is 373 g/mol. The van der Waals surface area contributed by atoms with Gasteiger partial charge in [0.15, 0.2) is 16.4 Å². The summed E-state index contributed by atoms with van der Waals surface area (Å²) in [6.45, 7) is 2.23. The predicted octanol–water partition coefficient (Wildman–Crippen LogP) is 2.30. The largest absolute Gasteiger partial charge is 0.452 e. The lowest BCUT2D eigenvalue weighted by atomic mass is 10.0. The standard InChI is InChI=1S/C16H20ClNO5S/c1-11-5-3-4-8-18(11)15(19)10-23-16(20)13-9-12(24(2,21)22)6-7-14(13)17/h6-7,9,11H,3-5,8,10H2,1-2H3/t11-/m1/s1. The Morgan fingerprint density at radius 1 is 1.33 bits per heavy atom. The maximum Gasteiger partial charge on any atom is 0.340 e. The molecule has 132 valence electrons. The Labute approximate surface area is 146 Å². The number of rotatable bonds is 4. The van der Waals surface area contributed by atoms with Crippen molar-refractivity contribution in [2.24, 2.45) is 0 Å². The summed E-state index contributed by atoms with van der Waals surface area (Å²) in [6, 6.07) is 3.92. The van der Waals surface area contributed by atoms with Crippen LogP contribution in [0.5, 0.6) is 0 Å². The maximum absolute atomic E-state index is 12.2. The molecule has 0 bridgehead atoms. The normalized spacial score (nSPS) is 18.3. The molecule has 1 aliphatic heterocycles. The minimum atomic E-state index is -3.47. The summed E-state index contributed by atoms with van der Waals surface area (Å²) in [5.74, 6) is -1.07. The van der Waals surface area contributed by atoms with Crippen LogP contribution in [0.25, 0.3) is 0 Å². The van der Waals surface area contributed by atoms with Crippen LogP contribution in [0.2, 0.25) is 5.02 Å². The minimum absolute atomic E-state index is 0.0326. The van der Waals surface area contributed by atoms with E-state index in [4.69, 9.17) is 16.3 Å². The van der Waals surface area contributed by atoms with Crippen LogP contribution in [0.3, 0.4) is 0 Å². The van der Waals surface area contributed by atoms with E-state index in [1.807, 2.05) is 6.92 Å². The minimum Gasteiger partial charge on any atom is -0.452 e. The fourth-order valence-corrected chi connectivity index (χ4v) is 3.49. The first-order valence-corrected chi connectivity index (χ1v) is 9.93. The molecule has 1 atom stereocenters. The second-order valence-corrected chi connectivity index (χ2v) is 8.34. The molecular weight excluding hydrogens is 354 g/mol. The van der Waals surface area contributed by atoms with Crippen molar-refractivity contribution in [2.45, 2.75) is 37.1 Å². The number of carbonyl (C=O) groups excluding carboxylic acids is 2. The number of hydrogen-bond donors (Lipinski definition) is 0. The fraction of sp³-hybridized carbons (Fsp3) is 0.500. The lowest BCUT2D eigenvalue weighted by molar-refractivity contribution is -0.137. The summed E-state index contributed by atoms with van der Waals surface area (Å²) in [4.78, 5) is 26.0. The van der Waals surface area contributed by atoms with E-state index in [9.17, 15) is 18.0 Å². The number of piperidine rings is 1. The number of carbonyl (C=O) groups is 2. The zero-order chi connectivity index (χ0) is 17.9. The zero-order valence-corrected chi connectivity index (χ0v) is 15.2. The van der Waals surface area contributed by atoms with Crippen LogP contribution in [0, 0.1) is 0 Å². The highest BCUT2D eigenvalue weighted by Gasteiger charge is 2.24. The second-order valence-electron chi connectivity index (χ2n) is 5.92. The van der Waals surface area contributed by atoms with Gasteiger partial charge >= 0.3 is 5.97 Å². The molecule has 6 nitrogen and oxygen atoms in total. The van der Waals surface area contributed by atoms with E-state index in [0.29, 0.717) is 6.54 Å². The van der Waals surface area contributed by atoms with E-state index in [1.54, 1.807) is 4.90 Å². The third-order valence-electron chi connectivity index (χ3n) is 4.04. The third kappa shape index (κ3) is 4.48. The van der Waals surface area contributed by atoms with Crippen LogP contribution >= 0.6 is 11.6 Å². The van der Waals surface area contributed by atoms with E-state index in [1.165, 1.54) is 12.1 Å². The van der Waals surface area contributed by atoms with Gasteiger partial charge in [0.05, 0.1) is 15.5 Å². The quantitative estimate of drug-likeness (QED) is 0.756. The fourth-order valence-electron chi connectivity index (χ4n) is 2.65. The van der Waals surface area contributed by atoms with Gasteiger partial charge in [0.25, 0.3) is 5.91 Å². The first-order chi connectivity index (χ1) is 11.2. The van der Waals surface area contributed by atoms with Crippen molar-refractivity contribution < 1.29 is 22.7 Å². The third-order valence-corrected chi connectivity index (χ3v) is 5.48. The summed E-state index contributed by atoms with van der Waals surface area (Å²) in [7, 11) is -3.47. The molecule has 0 aliphatic carbocycles. The summed E-state index contributed by atoms with van der Waals surface area (Å²) in [5, 5.41) is 0.0752. The topological polar surface area (TPSA) is 80.8 Å². The highest BCUT2D eigenvalue weighted by Crippen LogP contribution is 2.22. The number of esters is 1. The Morgan fingerprint density at radius 2 is 2.04 bits per heavy atom. The van der Waals surface area contributed by atoms with Gasteiger partial charge in [0, 0.05) is 18.8 Å². The van der Waals surface area contributed by atoms with Gasteiger partial charge in [-0.25, -0.2) is 13.2 Å². The molecule has 2 rings (SSSR count). The van der Waals surface area contributed by atoms with E-state index in [2.05, 4.69) is 0 Å². The first-order valence-electron chi connectivity index (χ1n) is 7.66. The molecule has 1 heterocycles. The number of sulfone groups is 1. The first kappa shape index (κ1) is 18.7. The van der Waals surface area contributed by atoms with Gasteiger partial charge in [-0.2, -0.15) is 0 Å². The molecule has 1 aliphatic rings. The van der Waals surface area contributed by atoms with Crippen molar-refractivity contribution in [2.75, 3.05) is 19.4 Å². The summed E-state index contributed by atoms with van der Waals surface area (Å²) in [6.07, 6.45) is 3.99. The molecule has 8 heteroatoms. The molecule has 0 radical (unpaired) electrons. The lowest BCUT2D eigenvalue weighted by Gasteiger charge is -2.33. The SMILES string of the molecule is C[C@@H]1CCCCN1C(=O)COC(=O)c1cc(S(C)(=O)=O)ccc1Cl. The van der Waals surface area contributed by atoms with Gasteiger partial charge in [0.2, 0.25) is 0 Å². The number of halogens is 1. The molecule has 0 unspecified atom stereocenters. The van der Waals surface area contributed by atoms with Gasteiger partial charge in [-0.1, -0.05) is 11.6 Å². The molecule has 1 saturated heterocycles. The van der Waals surface area contributed by atoms with Crippen molar-refractivity contribution in [1.29, 1.82) is 0 Å². The summed E-state index contributed by atoms with van der Waals surface area (Å²) in [5.41, 5.74) is -0.0703. The van der Waals surface area contributed by atoms with E-state index in [-0.39, 0.29) is 34.0 Å². The van der Waals surface area contributed by atoms with Crippen molar-refractivity contribution in [1.82, 2.24) is 4.90 Å². The van der Waals surface area contributed by atoms with Crippen molar-refractivity contribution in [3.05, 3.63) is 28.8 Å². The van der Waals surface area contributed by atoms with Crippen LogP contribution in [0.1, 0.15) is 36.5 Å². The zero-order valence-electron chi connectivity index (χ0n) is 13.6. The van der Waals surface area contributed by atoms with Crippen LogP contribution in [0.4, 0.5) is 0 Å². The van der Waals surface area contributed by atoms with Gasteiger partial charge in [-0.3, -0.25) is 4.79 Å². The van der Waals surface area contributed by atoms with Crippen molar-refractivity contribution in [3.8, 4) is 0 Å². The van der Waals surface area contributed by atoms with Crippen molar-refractivity contribution in [3.63, 3.8) is 0 Å². The lowest BCUT2D eigenvalue weighted by Crippen LogP contribution is -2.44. The van der Waals surface area contributed by atoms with Gasteiger partial charge in [-0.05, 0) is 44.4 Å². The number of likely N-dealkylation sites (tertiary alicyclic amines) is 1. The van der Waals surface area contributed by atoms with Gasteiger partial charge in [-0.15, -0.1) is 0 Å². The number of hydrogen-bond acceptors (Lipinski definition) is 5. The highest BCUT2D eigenvalue weighted by atomic mass is 35.5. The molecule has 1 amide bonds. The van der Waals surface area contributed by atoms with Crippen LogP contribution < -0.4 is 0 Å². The molecule has 1 fully saturated rings. The predicted molar refractivity (Wildman–Crippen MR) is 89.9 cm³/mol. The van der Waals surface area contributed by atoms with Gasteiger partial charge in [0.1, 0.15) is 0 Å². The average Bonchev–Trinajstić information content (AvgIpc) is 2.52. The molecule has 0 spiro atoms. The average molecular weight is 374 g/mol. The Morgan fingerprint density at radius 3 is 2.67 bits per heavy atom. The molecule has 0 N–H and O–H groups in total. The molecule has 1 aromatic rings. The highest BCUT2D eigenvalue weighted by molar-refractivity contribution is 7.90. The smallest absolute Gasteiger partial charge is 0.340 e. The maximum atomic E-state index is 12.2. The Balaban J connectivity index is 2.06. The van der Waals surface area contributed by atoms with Crippen LogP contribution in [-0.4, -0.2) is 50.6 Å². The van der Waals surface area contributed by atoms with Gasteiger partial charge < -0.3 is 9.64 Å². The van der Waals surface area contributed by atoms with Crippen LogP contribution in [-0.2, 0) is 19.4 Å². The van der Waals surface area contributed by atoms with Crippen LogP contribution in [0.15, 0.2) is 23.1 Å². The van der Waals surface area contributed by atoms with E-state index in [0.717, 1.165) is 31.6 Å². The Bertz CT molecular complexity index is 747. The van der Waals surface area contributed by atoms with Crippen molar-refractivity contribution >= 4 is 33.3 Å². The molecule has 0 saturated carbocycles.